The van der Waals surface area contributed by atoms with Crippen LogP contribution in [0.5, 0.6) is 0 Å². The zero-order valence-electron chi connectivity index (χ0n) is 10.1. The number of unbranched alkanes of at least 4 members (excludes halogenated alkanes) is 1. The summed E-state index contributed by atoms with van der Waals surface area (Å²) in [5, 5.41) is 6.70. The molecule has 2 rings (SSSR count). The number of aromatic nitrogens is 1. The van der Waals surface area contributed by atoms with Crippen LogP contribution in [-0.2, 0) is 11.2 Å². The van der Waals surface area contributed by atoms with Crippen LogP contribution in [0, 0.1) is 5.92 Å². The molecule has 17 heavy (non-hydrogen) atoms. The van der Waals surface area contributed by atoms with Crippen LogP contribution in [0.4, 0.5) is 5.88 Å². The Bertz CT molecular complexity index is 401. The summed E-state index contributed by atoms with van der Waals surface area (Å²) in [5.74, 6) is 0.542. The van der Waals surface area contributed by atoms with Gasteiger partial charge in [-0.3, -0.25) is 10.1 Å². The van der Waals surface area contributed by atoms with Crippen molar-refractivity contribution in [1.82, 2.24) is 5.16 Å². The maximum Gasteiger partial charge on any atom is 0.231 e. The third-order valence-corrected chi connectivity index (χ3v) is 2.97. The van der Waals surface area contributed by atoms with E-state index in [1.807, 2.05) is 18.2 Å². The first-order valence-corrected chi connectivity index (χ1v) is 6.21. The van der Waals surface area contributed by atoms with Crippen molar-refractivity contribution in [2.75, 3.05) is 5.32 Å². The fourth-order valence-corrected chi connectivity index (χ4v) is 1.90. The van der Waals surface area contributed by atoms with Crippen molar-refractivity contribution < 1.29 is 9.32 Å². The second-order valence-corrected chi connectivity index (χ2v) is 4.42. The van der Waals surface area contributed by atoms with Gasteiger partial charge in [-0.15, -0.1) is 0 Å². The molecule has 4 nitrogen and oxygen atoms in total. The number of allylic oxidation sites excluding steroid dienone is 2. The van der Waals surface area contributed by atoms with E-state index in [2.05, 4.69) is 17.4 Å². The highest BCUT2D eigenvalue weighted by atomic mass is 16.5. The number of carbonyl (C=O) groups excluding carboxylic acids is 1. The molecule has 0 aromatic carbocycles. The van der Waals surface area contributed by atoms with E-state index >= 15 is 0 Å². The van der Waals surface area contributed by atoms with E-state index in [1.165, 1.54) is 0 Å². The molecule has 1 aromatic rings. The molecule has 0 radical (unpaired) electrons. The van der Waals surface area contributed by atoms with Crippen molar-refractivity contribution in [3.63, 3.8) is 0 Å². The number of aryl methyl sites for hydroxylation is 1. The molecule has 0 fully saturated rings. The predicted octanol–water partition coefficient (Wildman–Crippen LogP) is 2.92. The van der Waals surface area contributed by atoms with Crippen LogP contribution in [-0.4, -0.2) is 11.1 Å². The topological polar surface area (TPSA) is 55.1 Å². The number of carbonyl (C=O) groups is 1. The van der Waals surface area contributed by atoms with E-state index in [9.17, 15) is 4.79 Å². The fourth-order valence-electron chi connectivity index (χ4n) is 1.90. The molecule has 1 N–H and O–H groups in total. The molecule has 0 aliphatic heterocycles. The summed E-state index contributed by atoms with van der Waals surface area (Å²) in [4.78, 5) is 11.8. The fraction of sp³-hybridized carbons (Fsp3) is 0.538. The van der Waals surface area contributed by atoms with Gasteiger partial charge in [0.25, 0.3) is 0 Å². The number of nitrogens with one attached hydrogen (secondary N) is 1. The quantitative estimate of drug-likeness (QED) is 0.797. The van der Waals surface area contributed by atoms with Crippen LogP contribution in [0.3, 0.4) is 0 Å². The molecular weight excluding hydrogens is 216 g/mol. The smallest absolute Gasteiger partial charge is 0.231 e. The first kappa shape index (κ1) is 11.9. The molecule has 1 heterocycles. The summed E-state index contributed by atoms with van der Waals surface area (Å²) < 4.78 is 5.09. The molecule has 1 aliphatic rings. The molecule has 1 amide bonds. The minimum Gasteiger partial charge on any atom is -0.338 e. The second kappa shape index (κ2) is 5.66. The Kier molecular flexibility index (Phi) is 3.96. The second-order valence-electron chi connectivity index (χ2n) is 4.42. The van der Waals surface area contributed by atoms with Gasteiger partial charge in [0, 0.05) is 12.0 Å². The van der Waals surface area contributed by atoms with Crippen molar-refractivity contribution in [3.05, 3.63) is 23.9 Å². The molecule has 0 saturated heterocycles. The van der Waals surface area contributed by atoms with Crippen LogP contribution in [0.25, 0.3) is 0 Å². The number of rotatable bonds is 5. The van der Waals surface area contributed by atoms with E-state index < -0.39 is 0 Å². The third-order valence-electron chi connectivity index (χ3n) is 2.97. The van der Waals surface area contributed by atoms with Crippen LogP contribution in [0.1, 0.15) is 38.3 Å². The molecular formula is C13H18N2O2. The third kappa shape index (κ3) is 3.19. The van der Waals surface area contributed by atoms with E-state index in [0.29, 0.717) is 5.88 Å². The van der Waals surface area contributed by atoms with Gasteiger partial charge in [-0.05, 0) is 25.7 Å². The summed E-state index contributed by atoms with van der Waals surface area (Å²) in [6.45, 7) is 2.13. The Hall–Kier alpha value is -1.58. The maximum atomic E-state index is 11.8. The van der Waals surface area contributed by atoms with Gasteiger partial charge in [-0.25, -0.2) is 0 Å². The average Bonchev–Trinajstić information content (AvgIpc) is 2.97. The van der Waals surface area contributed by atoms with E-state index in [-0.39, 0.29) is 11.8 Å². The zero-order chi connectivity index (χ0) is 12.1. The molecule has 0 saturated carbocycles. The van der Waals surface area contributed by atoms with Gasteiger partial charge in [0.05, 0.1) is 5.69 Å². The van der Waals surface area contributed by atoms with Gasteiger partial charge in [0.1, 0.15) is 0 Å². The van der Waals surface area contributed by atoms with Crippen LogP contribution >= 0.6 is 0 Å². The zero-order valence-corrected chi connectivity index (χ0v) is 10.1. The molecule has 4 heteroatoms. The minimum atomic E-state index is 0.0215. The van der Waals surface area contributed by atoms with Crippen LogP contribution in [0.2, 0.25) is 0 Å². The Balaban J connectivity index is 1.85. The number of hydrogen-bond acceptors (Lipinski definition) is 3. The SMILES string of the molecule is CCCCc1cc(NC(=O)C2CC=CC2)on1. The first-order chi connectivity index (χ1) is 8.29. The minimum absolute atomic E-state index is 0.0215. The highest BCUT2D eigenvalue weighted by molar-refractivity contribution is 5.91. The van der Waals surface area contributed by atoms with Gasteiger partial charge in [0.2, 0.25) is 11.8 Å². The van der Waals surface area contributed by atoms with Crippen molar-refractivity contribution in [1.29, 1.82) is 0 Å². The monoisotopic (exact) mass is 234 g/mol. The lowest BCUT2D eigenvalue weighted by molar-refractivity contribution is -0.119. The Morgan fingerprint density at radius 2 is 2.29 bits per heavy atom. The van der Waals surface area contributed by atoms with Crippen molar-refractivity contribution in [2.24, 2.45) is 5.92 Å². The molecule has 0 bridgehead atoms. The van der Waals surface area contributed by atoms with Gasteiger partial charge in [0.15, 0.2) is 0 Å². The Morgan fingerprint density at radius 3 is 3.00 bits per heavy atom. The summed E-state index contributed by atoms with van der Waals surface area (Å²) >= 11 is 0. The van der Waals surface area contributed by atoms with E-state index in [1.54, 1.807) is 0 Å². The summed E-state index contributed by atoms with van der Waals surface area (Å²) in [5.41, 5.74) is 0.909. The van der Waals surface area contributed by atoms with Crippen LogP contribution in [0.15, 0.2) is 22.7 Å². The van der Waals surface area contributed by atoms with Gasteiger partial charge < -0.3 is 4.52 Å². The highest BCUT2D eigenvalue weighted by Crippen LogP contribution is 2.20. The lowest BCUT2D eigenvalue weighted by Crippen LogP contribution is -2.20. The Labute approximate surface area is 101 Å². The summed E-state index contributed by atoms with van der Waals surface area (Å²) in [6, 6.07) is 1.82. The molecule has 1 aliphatic carbocycles. The van der Waals surface area contributed by atoms with Crippen molar-refractivity contribution >= 4 is 11.8 Å². The molecule has 0 unspecified atom stereocenters. The van der Waals surface area contributed by atoms with Crippen molar-refractivity contribution in [2.45, 2.75) is 39.0 Å². The number of hydrogen-bond donors (Lipinski definition) is 1. The van der Waals surface area contributed by atoms with Gasteiger partial charge in [-0.2, -0.15) is 0 Å². The van der Waals surface area contributed by atoms with E-state index in [4.69, 9.17) is 4.52 Å². The van der Waals surface area contributed by atoms with E-state index in [0.717, 1.165) is 37.8 Å². The van der Waals surface area contributed by atoms with Gasteiger partial charge >= 0.3 is 0 Å². The normalized spacial score (nSPS) is 15.4. The Morgan fingerprint density at radius 1 is 1.53 bits per heavy atom. The molecule has 0 spiro atoms. The summed E-state index contributed by atoms with van der Waals surface area (Å²) in [7, 11) is 0. The van der Waals surface area contributed by atoms with Crippen LogP contribution < -0.4 is 5.32 Å². The lowest BCUT2D eigenvalue weighted by Gasteiger charge is -2.06. The molecule has 0 atom stereocenters. The van der Waals surface area contributed by atoms with Crippen molar-refractivity contribution in [3.8, 4) is 0 Å². The first-order valence-electron chi connectivity index (χ1n) is 6.21. The maximum absolute atomic E-state index is 11.8. The largest absolute Gasteiger partial charge is 0.338 e. The summed E-state index contributed by atoms with van der Waals surface area (Å²) in [6.07, 6.45) is 8.84. The predicted molar refractivity (Wildman–Crippen MR) is 65.6 cm³/mol. The number of anilines is 1. The lowest BCUT2D eigenvalue weighted by atomic mass is 10.1. The standard InChI is InChI=1S/C13H18N2O2/c1-2-3-8-11-9-12(17-15-11)14-13(16)10-6-4-5-7-10/h4-5,9-10H,2-3,6-8H2,1H3,(H,14,16). The average molecular weight is 234 g/mol. The molecule has 92 valence electrons. The highest BCUT2D eigenvalue weighted by Gasteiger charge is 2.20. The van der Waals surface area contributed by atoms with Gasteiger partial charge in [-0.1, -0.05) is 30.7 Å². The molecule has 1 aromatic heterocycles. The number of nitrogens with zero attached hydrogens (tertiary/aromatic N) is 1. The number of amides is 1.